The number of aliphatic carboxylic acids is 2. The first-order valence-electron chi connectivity index (χ1n) is 1.74. The van der Waals surface area contributed by atoms with Gasteiger partial charge in [-0.2, -0.15) is 0 Å². The summed E-state index contributed by atoms with van der Waals surface area (Å²) in [6.45, 7) is 0. The zero-order valence-electron chi connectivity index (χ0n) is 7.09. The van der Waals surface area contributed by atoms with Crippen LogP contribution >= 0.6 is 0 Å². The van der Waals surface area contributed by atoms with Gasteiger partial charge in [-0.05, 0) is 0 Å². The second kappa shape index (κ2) is 11.0. The number of hydrogen-bond acceptors (Lipinski definition) is 5. The second-order valence-corrected chi connectivity index (χ2v) is 2.24. The van der Waals surface area contributed by atoms with E-state index in [0.717, 1.165) is 0 Å². The van der Waals surface area contributed by atoms with E-state index >= 15 is 0 Å². The van der Waals surface area contributed by atoms with Crippen LogP contribution in [0, 0.1) is 0 Å². The van der Waals surface area contributed by atoms with Crippen LogP contribution in [0.15, 0.2) is 0 Å². The standard InChI is InChI=1S/C2H2O4.Co.K.Mn.H2O.3O.H/c3-1(4)2(5)6;;;;;;;;/h(H,3,4)(H,5,6);;;;1H2;;;;/q;;2*+1;;;;;-1/p-1. The predicted octanol–water partition coefficient (Wildman–Crippen LogP) is -4.65. The van der Waals surface area contributed by atoms with Crippen LogP contribution in [0.2, 0.25) is 0 Å². The van der Waals surface area contributed by atoms with E-state index in [9.17, 15) is 0 Å². The van der Waals surface area contributed by atoms with E-state index in [0.29, 0.717) is 0 Å². The van der Waals surface area contributed by atoms with Crippen molar-refractivity contribution in [3.8, 4) is 0 Å². The molecule has 0 fully saturated rings. The van der Waals surface area contributed by atoms with Crippen LogP contribution in [0.5, 0.6) is 0 Å². The topological polar surface area (TPSA) is 146 Å². The molecular formula is C2H4CoKMnO8. The van der Waals surface area contributed by atoms with Gasteiger partial charge in [0, 0.05) is 16.8 Å². The van der Waals surface area contributed by atoms with Crippen LogP contribution in [-0.4, -0.2) is 26.3 Å². The molecule has 13 heavy (non-hydrogen) atoms. The monoisotopic (exact) mass is 309 g/mol. The Labute approximate surface area is 128 Å². The van der Waals surface area contributed by atoms with Gasteiger partial charge in [0.15, 0.2) is 0 Å². The molecule has 3 N–H and O–H groups in total. The first-order valence-corrected chi connectivity index (χ1v) is 3.71. The van der Waals surface area contributed by atoms with Crippen LogP contribution in [0.25, 0.3) is 0 Å². The third kappa shape index (κ3) is 63.3. The van der Waals surface area contributed by atoms with Gasteiger partial charge in [-0.15, -0.1) is 0 Å². The van der Waals surface area contributed by atoms with Crippen LogP contribution in [0.1, 0.15) is 1.43 Å². The molecule has 0 aromatic heterocycles. The van der Waals surface area contributed by atoms with Crippen molar-refractivity contribution < 1.29 is 118 Å². The summed E-state index contributed by atoms with van der Waals surface area (Å²) < 4.78 is 33.1. The van der Waals surface area contributed by atoms with Crippen LogP contribution < -0.4 is 51.4 Å². The molecule has 0 aliphatic heterocycles. The first kappa shape index (κ1) is 23.6. The van der Waals surface area contributed by atoms with E-state index in [1.165, 1.54) is 0 Å². The third-order valence-electron chi connectivity index (χ3n) is 0.183. The van der Waals surface area contributed by atoms with Gasteiger partial charge >= 0.3 is 92.0 Å². The molecule has 0 saturated carbocycles. The molecule has 0 spiro atoms. The zero-order valence-corrected chi connectivity index (χ0v) is 11.4. The fourth-order valence-electron chi connectivity index (χ4n) is 0. The molecule has 0 amide bonds. The Hall–Kier alpha value is 0.962. The van der Waals surface area contributed by atoms with Crippen molar-refractivity contribution in [3.63, 3.8) is 0 Å². The maximum atomic E-state index is 9.10. The normalized spacial score (nSPS) is 7.77. The number of rotatable bonds is 0. The molecule has 0 aliphatic rings. The van der Waals surface area contributed by atoms with E-state index in [2.05, 4.69) is 0 Å². The van der Waals surface area contributed by atoms with Gasteiger partial charge in [-0.25, -0.2) is 9.59 Å². The molecule has 0 saturated heterocycles. The predicted molar refractivity (Wildman–Crippen MR) is 20.7 cm³/mol. The number of carbonyl (C=O) groups is 2. The van der Waals surface area contributed by atoms with E-state index < -0.39 is 24.9 Å². The van der Waals surface area contributed by atoms with Crippen LogP contribution in [0.3, 0.4) is 0 Å². The first-order chi connectivity index (χ1) is 4.64. The van der Waals surface area contributed by atoms with Crippen molar-refractivity contribution >= 4 is 11.9 Å². The van der Waals surface area contributed by atoms with Crippen molar-refractivity contribution in [3.05, 3.63) is 0 Å². The van der Waals surface area contributed by atoms with Crippen molar-refractivity contribution in [2.45, 2.75) is 0 Å². The Morgan fingerprint density at radius 2 is 1.08 bits per heavy atom. The van der Waals surface area contributed by atoms with Gasteiger partial charge in [0.25, 0.3) is 0 Å². The minimum absolute atomic E-state index is 0. The van der Waals surface area contributed by atoms with Gasteiger partial charge < -0.3 is 11.6 Å². The molecule has 0 aromatic carbocycles. The second-order valence-electron chi connectivity index (χ2n) is 1.01. The third-order valence-corrected chi connectivity index (χ3v) is 0.183. The van der Waals surface area contributed by atoms with Gasteiger partial charge in [-0.1, -0.05) is 0 Å². The fourth-order valence-corrected chi connectivity index (χ4v) is 0. The van der Waals surface area contributed by atoms with Crippen molar-refractivity contribution in [2.24, 2.45) is 0 Å². The summed E-state index contributed by atoms with van der Waals surface area (Å²) in [5.74, 6) is -3.65. The molecule has 0 aromatic rings. The molecule has 0 rings (SSSR count). The Balaban J connectivity index is -0.0000000321. The molecule has 1 radical (unpaired) electrons. The Kier molecular flexibility index (Phi) is 20.1. The van der Waals surface area contributed by atoms with Crippen molar-refractivity contribution in [1.29, 1.82) is 0 Å². The van der Waals surface area contributed by atoms with Crippen molar-refractivity contribution in [1.82, 2.24) is 0 Å². The number of carboxylic acids is 2. The fraction of sp³-hybridized carbons (Fsp3) is 0. The Morgan fingerprint density at radius 3 is 1.08 bits per heavy atom. The molecule has 0 unspecified atom stereocenters. The molecule has 0 bridgehead atoms. The van der Waals surface area contributed by atoms with Crippen LogP contribution in [0.4, 0.5) is 0 Å². The molecule has 0 heterocycles. The molecule has 11 heteroatoms. The van der Waals surface area contributed by atoms with Gasteiger partial charge in [0.2, 0.25) is 0 Å². The zero-order chi connectivity index (χ0) is 9.65. The number of hydrogen-bond donors (Lipinski definition) is 3. The van der Waals surface area contributed by atoms with E-state index in [-0.39, 0.29) is 69.6 Å². The average Bonchev–Trinajstić information content (AvgIpc) is 1.59. The summed E-state index contributed by atoms with van der Waals surface area (Å²) in [7, 11) is 0. The summed E-state index contributed by atoms with van der Waals surface area (Å²) in [6.07, 6.45) is 0. The minimum atomic E-state index is -5.38. The molecular weight excluding hydrogens is 305 g/mol. The Morgan fingerprint density at radius 1 is 1.00 bits per heavy atom. The summed E-state index contributed by atoms with van der Waals surface area (Å²) in [5, 5.41) is 14.8. The van der Waals surface area contributed by atoms with E-state index in [1.807, 2.05) is 0 Å². The SMILES string of the molecule is O=C(O)C(=O)O.[Co].[H-].[K+].[O]=[Mn](=[O])(=[O])[OH]. The van der Waals surface area contributed by atoms with Gasteiger partial charge in [0.05, 0.1) is 0 Å². The molecule has 0 atom stereocenters. The Bertz CT molecular complexity index is 277. The molecule has 77 valence electrons. The van der Waals surface area contributed by atoms with Gasteiger partial charge in [0.1, 0.15) is 0 Å². The van der Waals surface area contributed by atoms with Crippen LogP contribution in [-0.2, 0) is 50.8 Å². The summed E-state index contributed by atoms with van der Waals surface area (Å²) in [5.41, 5.74) is 0. The summed E-state index contributed by atoms with van der Waals surface area (Å²) in [4.78, 5) is 18.2. The summed E-state index contributed by atoms with van der Waals surface area (Å²) in [6, 6.07) is 0. The quantitative estimate of drug-likeness (QED) is 0.299. The van der Waals surface area contributed by atoms with E-state index in [1.54, 1.807) is 0 Å². The maximum absolute atomic E-state index is 9.10. The molecule has 0 aliphatic carbocycles. The van der Waals surface area contributed by atoms with E-state index in [4.69, 9.17) is 35.5 Å². The average molecular weight is 309 g/mol. The molecule has 8 nitrogen and oxygen atoms in total. The van der Waals surface area contributed by atoms with Crippen molar-refractivity contribution in [2.75, 3.05) is 0 Å². The van der Waals surface area contributed by atoms with Gasteiger partial charge in [-0.3, -0.25) is 0 Å². The summed E-state index contributed by atoms with van der Waals surface area (Å²) >= 11 is -5.38. The number of carboxylic acid groups (broad SMARTS) is 2.